The fourth-order valence-electron chi connectivity index (χ4n) is 5.54. The van der Waals surface area contributed by atoms with Gasteiger partial charge in [-0.25, -0.2) is 0 Å². The number of carbonyl (C=O) groups excluding carboxylic acids is 1. The average molecular weight is 533 g/mol. The molecule has 0 bridgehead atoms. The first kappa shape index (κ1) is 25.2. The Kier molecular flexibility index (Phi) is 7.08. The molecule has 5 heterocycles. The zero-order chi connectivity index (χ0) is 26.8. The number of aromatic amines is 1. The third-order valence-electron chi connectivity index (χ3n) is 7.48. The summed E-state index contributed by atoms with van der Waals surface area (Å²) in [5.41, 5.74) is 2.10. The van der Waals surface area contributed by atoms with Crippen molar-refractivity contribution in [1.29, 1.82) is 5.26 Å². The van der Waals surface area contributed by atoms with Crippen molar-refractivity contribution in [3.05, 3.63) is 29.5 Å². The predicted octanol–water partition coefficient (Wildman–Crippen LogP) is 2.71. The number of hydrogen-bond donors (Lipinski definition) is 3. The number of amides is 1. The van der Waals surface area contributed by atoms with E-state index in [1.54, 1.807) is 18.3 Å². The summed E-state index contributed by atoms with van der Waals surface area (Å²) in [7, 11) is 0. The largest absolute Gasteiger partial charge is 0.485 e. The van der Waals surface area contributed by atoms with Gasteiger partial charge in [0.15, 0.2) is 11.5 Å². The van der Waals surface area contributed by atoms with Crippen LogP contribution in [0.2, 0.25) is 0 Å². The lowest BCUT2D eigenvalue weighted by molar-refractivity contribution is 0.00152. The summed E-state index contributed by atoms with van der Waals surface area (Å²) in [5.74, 6) is 1.73. The number of ether oxygens (including phenoxy) is 3. The molecule has 0 spiro atoms. The molecule has 1 aromatic carbocycles. The summed E-state index contributed by atoms with van der Waals surface area (Å²) in [6.07, 6.45) is 3.52. The minimum atomic E-state index is -0.0498. The molecule has 0 aliphatic carbocycles. The first-order valence-corrected chi connectivity index (χ1v) is 13.5. The summed E-state index contributed by atoms with van der Waals surface area (Å²) >= 11 is 0. The maximum Gasteiger partial charge on any atom is 0.257 e. The highest BCUT2D eigenvalue weighted by atomic mass is 16.6. The maximum absolute atomic E-state index is 13.6. The molecule has 1 amide bonds. The SMILES string of the molecule is CCNc1nc(Nc2ccc(C(=O)N3CCC(N4CCOCC4)CC3)c3c2OCCO3)nc2[nH]cc(C#N)c12. The van der Waals surface area contributed by atoms with Crippen molar-refractivity contribution in [2.24, 2.45) is 0 Å². The number of carbonyl (C=O) groups is 1. The molecule has 2 saturated heterocycles. The molecular weight excluding hydrogens is 500 g/mol. The van der Waals surface area contributed by atoms with Crippen LogP contribution < -0.4 is 20.1 Å². The van der Waals surface area contributed by atoms with Crippen LogP contribution in [0.3, 0.4) is 0 Å². The van der Waals surface area contributed by atoms with Gasteiger partial charge in [-0.15, -0.1) is 0 Å². The van der Waals surface area contributed by atoms with Crippen LogP contribution in [0.15, 0.2) is 18.3 Å². The molecule has 0 radical (unpaired) electrons. The molecular formula is C27H32N8O4. The van der Waals surface area contributed by atoms with Gasteiger partial charge in [0.1, 0.15) is 30.7 Å². The van der Waals surface area contributed by atoms with Crippen LogP contribution in [0.5, 0.6) is 11.5 Å². The second-order valence-corrected chi connectivity index (χ2v) is 9.78. The van der Waals surface area contributed by atoms with Gasteiger partial charge < -0.3 is 34.7 Å². The number of benzene rings is 1. The lowest BCUT2D eigenvalue weighted by Gasteiger charge is -2.40. The molecule has 3 aliphatic rings. The highest BCUT2D eigenvalue weighted by Crippen LogP contribution is 2.42. The van der Waals surface area contributed by atoms with E-state index in [2.05, 4.69) is 36.6 Å². The van der Waals surface area contributed by atoms with E-state index in [0.29, 0.717) is 90.0 Å². The standard InChI is InChI=1S/C27H32N8O4/c1-2-29-24-21-17(15-28)16-30-25(21)33-27(32-24)31-20-4-3-19(22-23(20)39-14-13-38-22)26(36)35-7-5-18(6-8-35)34-9-11-37-12-10-34/h3-4,16,18H,2,5-14H2,1H3,(H3,29,30,31,32,33). The first-order valence-electron chi connectivity index (χ1n) is 13.5. The van der Waals surface area contributed by atoms with Crippen LogP contribution in [0.25, 0.3) is 11.0 Å². The number of aromatic nitrogens is 3. The Morgan fingerprint density at radius 3 is 2.62 bits per heavy atom. The average Bonchev–Trinajstić information content (AvgIpc) is 3.41. The number of morpholine rings is 1. The number of piperidine rings is 1. The Bertz CT molecular complexity index is 1400. The number of H-pyrrole nitrogens is 1. The number of anilines is 3. The normalized spacial score (nSPS) is 18.1. The smallest absolute Gasteiger partial charge is 0.257 e. The molecule has 0 saturated carbocycles. The zero-order valence-corrected chi connectivity index (χ0v) is 22.0. The number of fused-ring (bicyclic) bond motifs is 2. The Balaban J connectivity index is 1.23. The molecule has 0 unspecified atom stereocenters. The molecule has 39 heavy (non-hydrogen) atoms. The Hall–Kier alpha value is -4.08. The lowest BCUT2D eigenvalue weighted by Crippen LogP contribution is -2.50. The summed E-state index contributed by atoms with van der Waals surface area (Å²) in [6, 6.07) is 6.24. The van der Waals surface area contributed by atoms with Gasteiger partial charge >= 0.3 is 0 Å². The van der Waals surface area contributed by atoms with Gasteiger partial charge in [0.05, 0.1) is 35.4 Å². The van der Waals surface area contributed by atoms with Crippen LogP contribution in [0.1, 0.15) is 35.7 Å². The lowest BCUT2D eigenvalue weighted by atomic mass is 10.0. The van der Waals surface area contributed by atoms with Crippen molar-refractivity contribution in [1.82, 2.24) is 24.8 Å². The molecule has 6 rings (SSSR count). The molecule has 12 nitrogen and oxygen atoms in total. The topological polar surface area (TPSA) is 141 Å². The van der Waals surface area contributed by atoms with E-state index >= 15 is 0 Å². The molecule has 0 atom stereocenters. The summed E-state index contributed by atoms with van der Waals surface area (Å²) in [6.45, 7) is 8.22. The Morgan fingerprint density at radius 2 is 1.87 bits per heavy atom. The van der Waals surface area contributed by atoms with Gasteiger partial charge in [0.25, 0.3) is 5.91 Å². The summed E-state index contributed by atoms with van der Waals surface area (Å²) in [4.78, 5) is 30.2. The molecule has 2 fully saturated rings. The van der Waals surface area contributed by atoms with Gasteiger partial charge in [-0.3, -0.25) is 9.69 Å². The van der Waals surface area contributed by atoms with Gasteiger partial charge in [-0.1, -0.05) is 0 Å². The van der Waals surface area contributed by atoms with Crippen LogP contribution in [0, 0.1) is 11.3 Å². The van der Waals surface area contributed by atoms with Crippen molar-refractivity contribution >= 4 is 34.4 Å². The van der Waals surface area contributed by atoms with Gasteiger partial charge in [0.2, 0.25) is 5.95 Å². The number of nitrogens with one attached hydrogen (secondary N) is 3. The molecule has 3 N–H and O–H groups in total. The third-order valence-corrected chi connectivity index (χ3v) is 7.48. The number of likely N-dealkylation sites (tertiary alicyclic amines) is 1. The monoisotopic (exact) mass is 532 g/mol. The molecule has 12 heteroatoms. The Labute approximate surface area is 226 Å². The maximum atomic E-state index is 13.6. The highest BCUT2D eigenvalue weighted by molar-refractivity contribution is 5.99. The number of rotatable bonds is 6. The second-order valence-electron chi connectivity index (χ2n) is 9.78. The van der Waals surface area contributed by atoms with Crippen molar-refractivity contribution in [2.45, 2.75) is 25.8 Å². The summed E-state index contributed by atoms with van der Waals surface area (Å²) < 4.78 is 17.5. The van der Waals surface area contributed by atoms with E-state index in [1.165, 1.54) is 0 Å². The molecule has 3 aliphatic heterocycles. The second kappa shape index (κ2) is 11.0. The number of nitriles is 1. The molecule has 3 aromatic rings. The zero-order valence-electron chi connectivity index (χ0n) is 22.0. The minimum absolute atomic E-state index is 0.0498. The van der Waals surface area contributed by atoms with E-state index < -0.39 is 0 Å². The van der Waals surface area contributed by atoms with Crippen molar-refractivity contribution in [3.63, 3.8) is 0 Å². The number of hydrogen-bond acceptors (Lipinski definition) is 10. The van der Waals surface area contributed by atoms with Crippen LogP contribution >= 0.6 is 0 Å². The predicted molar refractivity (Wildman–Crippen MR) is 145 cm³/mol. The van der Waals surface area contributed by atoms with Gasteiger partial charge in [0, 0.05) is 45.0 Å². The van der Waals surface area contributed by atoms with Crippen LogP contribution in [-0.2, 0) is 4.74 Å². The first-order chi connectivity index (χ1) is 19.2. The van der Waals surface area contributed by atoms with E-state index in [1.807, 2.05) is 11.8 Å². The fraction of sp³-hybridized carbons (Fsp3) is 0.481. The Morgan fingerprint density at radius 1 is 1.10 bits per heavy atom. The van der Waals surface area contributed by atoms with E-state index in [9.17, 15) is 10.1 Å². The van der Waals surface area contributed by atoms with E-state index in [4.69, 9.17) is 14.2 Å². The van der Waals surface area contributed by atoms with Gasteiger partial charge in [-0.2, -0.15) is 15.2 Å². The molecule has 2 aromatic heterocycles. The van der Waals surface area contributed by atoms with E-state index in [0.717, 1.165) is 39.1 Å². The quantitative estimate of drug-likeness (QED) is 0.434. The van der Waals surface area contributed by atoms with Crippen molar-refractivity contribution in [2.75, 3.05) is 69.8 Å². The highest BCUT2D eigenvalue weighted by Gasteiger charge is 2.31. The summed E-state index contributed by atoms with van der Waals surface area (Å²) in [5, 5.41) is 16.5. The van der Waals surface area contributed by atoms with Crippen molar-refractivity contribution < 1.29 is 19.0 Å². The van der Waals surface area contributed by atoms with E-state index in [-0.39, 0.29) is 5.91 Å². The number of nitrogens with zero attached hydrogens (tertiary/aromatic N) is 5. The van der Waals surface area contributed by atoms with Crippen LogP contribution in [-0.4, -0.2) is 95.9 Å². The molecule has 204 valence electrons. The van der Waals surface area contributed by atoms with Crippen LogP contribution in [0.4, 0.5) is 17.5 Å². The minimum Gasteiger partial charge on any atom is -0.485 e. The third kappa shape index (κ3) is 4.91. The van der Waals surface area contributed by atoms with Gasteiger partial charge in [-0.05, 0) is 31.9 Å². The van der Waals surface area contributed by atoms with Crippen molar-refractivity contribution in [3.8, 4) is 17.6 Å². The fourth-order valence-corrected chi connectivity index (χ4v) is 5.54.